The van der Waals surface area contributed by atoms with Crippen LogP contribution >= 0.6 is 0 Å². The maximum Gasteiger partial charge on any atom is 0.220 e. The second kappa shape index (κ2) is 8.86. The lowest BCUT2D eigenvalue weighted by Gasteiger charge is -2.33. The van der Waals surface area contributed by atoms with Gasteiger partial charge in [-0.3, -0.25) is 4.79 Å². The quantitative estimate of drug-likeness (QED) is 0.715. The van der Waals surface area contributed by atoms with E-state index in [0.717, 1.165) is 50.5 Å². The fourth-order valence-electron chi connectivity index (χ4n) is 3.85. The monoisotopic (exact) mass is 395 g/mol. The van der Waals surface area contributed by atoms with Crippen molar-refractivity contribution in [2.24, 2.45) is 5.92 Å². The number of carbonyl (C=O) groups is 1. The first kappa shape index (κ1) is 19.9. The summed E-state index contributed by atoms with van der Waals surface area (Å²) in [6.07, 6.45) is 5.56. The van der Waals surface area contributed by atoms with Gasteiger partial charge in [0.2, 0.25) is 5.91 Å². The largest absolute Gasteiger partial charge is 0.370 e. The van der Waals surface area contributed by atoms with Crippen molar-refractivity contribution >= 4 is 27.4 Å². The van der Waals surface area contributed by atoms with E-state index in [2.05, 4.69) is 25.5 Å². The minimum absolute atomic E-state index is 0.0364. The maximum atomic E-state index is 12.2. The normalized spacial score (nSPS) is 24.6. The third-order valence-corrected chi connectivity index (χ3v) is 7.00. The van der Waals surface area contributed by atoms with Crippen molar-refractivity contribution in [3.05, 3.63) is 12.4 Å². The Kier molecular flexibility index (Phi) is 6.51. The van der Waals surface area contributed by atoms with Gasteiger partial charge in [-0.2, -0.15) is 0 Å². The summed E-state index contributed by atoms with van der Waals surface area (Å²) < 4.78 is 23.0. The van der Waals surface area contributed by atoms with Crippen LogP contribution in [0, 0.1) is 5.92 Å². The average molecular weight is 396 g/mol. The summed E-state index contributed by atoms with van der Waals surface area (Å²) >= 11 is 0. The van der Waals surface area contributed by atoms with Gasteiger partial charge in [-0.05, 0) is 38.5 Å². The minimum atomic E-state index is -2.96. The molecule has 3 heterocycles. The second-order valence-corrected chi connectivity index (χ2v) is 9.68. The molecule has 2 atom stereocenters. The zero-order valence-corrected chi connectivity index (χ0v) is 16.7. The molecule has 150 valence electrons. The van der Waals surface area contributed by atoms with Crippen molar-refractivity contribution in [2.75, 3.05) is 41.4 Å². The molecule has 0 bridgehead atoms. The maximum absolute atomic E-state index is 12.2. The molecule has 2 saturated heterocycles. The van der Waals surface area contributed by atoms with Crippen molar-refractivity contribution in [1.82, 2.24) is 15.3 Å². The van der Waals surface area contributed by atoms with Crippen molar-refractivity contribution in [3.63, 3.8) is 0 Å². The number of carbonyl (C=O) groups excluding carboxylic acids is 1. The van der Waals surface area contributed by atoms with E-state index >= 15 is 0 Å². The van der Waals surface area contributed by atoms with Crippen LogP contribution in [0.3, 0.4) is 0 Å². The Hall–Kier alpha value is -1.90. The number of piperidine rings is 1. The number of sulfone groups is 1. The van der Waals surface area contributed by atoms with Gasteiger partial charge in [0.05, 0.1) is 11.5 Å². The number of amides is 1. The highest BCUT2D eigenvalue weighted by atomic mass is 32.2. The van der Waals surface area contributed by atoms with Crippen LogP contribution in [-0.4, -0.2) is 61.5 Å². The standard InChI is InChI=1S/C18H29N5O3S/c1-2-19-16-10-17(21-13-20-16)23-8-3-4-14(11-23)5-6-18(24)22-15-7-9-27(25,26)12-15/h10,13-15H,2-9,11-12H2,1H3,(H,22,24)(H,19,20,21). The van der Waals surface area contributed by atoms with E-state index < -0.39 is 9.84 Å². The molecule has 1 aromatic rings. The minimum Gasteiger partial charge on any atom is -0.370 e. The van der Waals surface area contributed by atoms with Crippen molar-refractivity contribution in [1.29, 1.82) is 0 Å². The number of hydrogen-bond acceptors (Lipinski definition) is 7. The zero-order valence-electron chi connectivity index (χ0n) is 15.9. The summed E-state index contributed by atoms with van der Waals surface area (Å²) in [5.41, 5.74) is 0. The predicted molar refractivity (Wildman–Crippen MR) is 106 cm³/mol. The summed E-state index contributed by atoms with van der Waals surface area (Å²) in [6.45, 7) is 4.69. The van der Waals surface area contributed by atoms with Crippen LogP contribution in [0.5, 0.6) is 0 Å². The lowest BCUT2D eigenvalue weighted by Crippen LogP contribution is -2.38. The van der Waals surface area contributed by atoms with Crippen LogP contribution < -0.4 is 15.5 Å². The molecule has 2 N–H and O–H groups in total. The van der Waals surface area contributed by atoms with Crippen LogP contribution in [0.15, 0.2) is 12.4 Å². The molecule has 2 unspecified atom stereocenters. The Morgan fingerprint density at radius 2 is 2.19 bits per heavy atom. The molecular weight excluding hydrogens is 366 g/mol. The Morgan fingerprint density at radius 1 is 1.33 bits per heavy atom. The average Bonchev–Trinajstić information content (AvgIpc) is 2.99. The highest BCUT2D eigenvalue weighted by Crippen LogP contribution is 2.25. The number of hydrogen-bond donors (Lipinski definition) is 2. The molecule has 2 fully saturated rings. The first-order valence-electron chi connectivity index (χ1n) is 9.76. The summed E-state index contributed by atoms with van der Waals surface area (Å²) in [6, 6.07) is 1.76. The molecule has 0 aromatic carbocycles. The number of rotatable bonds is 7. The molecule has 8 nitrogen and oxygen atoms in total. The van der Waals surface area contributed by atoms with Crippen molar-refractivity contribution in [3.8, 4) is 0 Å². The lowest BCUT2D eigenvalue weighted by molar-refractivity contribution is -0.121. The van der Waals surface area contributed by atoms with Crippen LogP contribution in [0.2, 0.25) is 0 Å². The highest BCUT2D eigenvalue weighted by molar-refractivity contribution is 7.91. The van der Waals surface area contributed by atoms with Crippen LogP contribution in [0.25, 0.3) is 0 Å². The van der Waals surface area contributed by atoms with E-state index in [9.17, 15) is 13.2 Å². The molecule has 1 aromatic heterocycles. The van der Waals surface area contributed by atoms with Crippen LogP contribution in [-0.2, 0) is 14.6 Å². The van der Waals surface area contributed by atoms with Crippen molar-refractivity contribution in [2.45, 2.75) is 45.1 Å². The lowest BCUT2D eigenvalue weighted by atomic mass is 9.93. The van der Waals surface area contributed by atoms with E-state index in [1.165, 1.54) is 0 Å². The molecular formula is C18H29N5O3S. The zero-order chi connectivity index (χ0) is 19.3. The van der Waals surface area contributed by atoms with Crippen LogP contribution in [0.4, 0.5) is 11.6 Å². The van der Waals surface area contributed by atoms with Gasteiger partial charge >= 0.3 is 0 Å². The second-order valence-electron chi connectivity index (χ2n) is 7.45. The Labute approximate surface area is 161 Å². The smallest absolute Gasteiger partial charge is 0.220 e. The van der Waals surface area contributed by atoms with Gasteiger partial charge in [0, 0.05) is 38.2 Å². The van der Waals surface area contributed by atoms with Gasteiger partial charge < -0.3 is 15.5 Å². The van der Waals surface area contributed by atoms with Crippen molar-refractivity contribution < 1.29 is 13.2 Å². The summed E-state index contributed by atoms with van der Waals surface area (Å²) in [4.78, 5) is 23.0. The third-order valence-electron chi connectivity index (χ3n) is 5.23. The topological polar surface area (TPSA) is 104 Å². The number of nitrogens with zero attached hydrogens (tertiary/aromatic N) is 3. The molecule has 2 aliphatic heterocycles. The first-order chi connectivity index (χ1) is 12.9. The molecule has 9 heteroatoms. The van der Waals surface area contributed by atoms with Crippen LogP contribution in [0.1, 0.15) is 39.0 Å². The summed E-state index contributed by atoms with van der Waals surface area (Å²) in [5.74, 6) is 2.42. The van der Waals surface area contributed by atoms with Gasteiger partial charge in [-0.25, -0.2) is 18.4 Å². The molecule has 3 rings (SSSR count). The summed E-state index contributed by atoms with van der Waals surface area (Å²) in [7, 11) is -2.96. The molecule has 0 spiro atoms. The number of aromatic nitrogens is 2. The highest BCUT2D eigenvalue weighted by Gasteiger charge is 2.29. The molecule has 27 heavy (non-hydrogen) atoms. The number of anilines is 2. The Balaban J connectivity index is 1.47. The number of nitrogens with one attached hydrogen (secondary N) is 2. The predicted octanol–water partition coefficient (Wildman–Crippen LogP) is 1.21. The molecule has 0 radical (unpaired) electrons. The molecule has 1 amide bonds. The summed E-state index contributed by atoms with van der Waals surface area (Å²) in [5, 5.41) is 6.08. The SMILES string of the molecule is CCNc1cc(N2CCCC(CCC(=O)NC3CCS(=O)(=O)C3)C2)ncn1. The van der Waals surface area contributed by atoms with E-state index in [1.807, 2.05) is 13.0 Å². The van der Waals surface area contributed by atoms with E-state index in [-0.39, 0.29) is 23.5 Å². The first-order valence-corrected chi connectivity index (χ1v) is 11.6. The van der Waals surface area contributed by atoms with E-state index in [1.54, 1.807) is 6.33 Å². The third kappa shape index (κ3) is 5.79. The van der Waals surface area contributed by atoms with E-state index in [0.29, 0.717) is 18.8 Å². The van der Waals surface area contributed by atoms with E-state index in [4.69, 9.17) is 0 Å². The van der Waals surface area contributed by atoms with Gasteiger partial charge in [0.15, 0.2) is 9.84 Å². The molecule has 2 aliphatic rings. The van der Waals surface area contributed by atoms with Gasteiger partial charge in [-0.1, -0.05) is 0 Å². The fraction of sp³-hybridized carbons (Fsp3) is 0.722. The Morgan fingerprint density at radius 3 is 2.93 bits per heavy atom. The van der Waals surface area contributed by atoms with Gasteiger partial charge in [0.1, 0.15) is 18.0 Å². The van der Waals surface area contributed by atoms with Gasteiger partial charge in [-0.15, -0.1) is 0 Å². The van der Waals surface area contributed by atoms with Gasteiger partial charge in [0.25, 0.3) is 0 Å². The molecule has 0 saturated carbocycles. The Bertz CT molecular complexity index is 755. The molecule has 0 aliphatic carbocycles. The fourth-order valence-corrected chi connectivity index (χ4v) is 5.52.